The summed E-state index contributed by atoms with van der Waals surface area (Å²) in [6, 6.07) is 0. The van der Waals surface area contributed by atoms with Gasteiger partial charge in [0.25, 0.3) is 0 Å². The van der Waals surface area contributed by atoms with Gasteiger partial charge in [-0.2, -0.15) is 0 Å². The largest absolute Gasteiger partial charge is 2.00 e. The zero-order valence-electron chi connectivity index (χ0n) is 16.5. The van der Waals surface area contributed by atoms with Crippen LogP contribution in [0.25, 0.3) is 0 Å². The first-order valence-electron chi connectivity index (χ1n) is 8.76. The molecule has 0 aliphatic heterocycles. The molecule has 0 spiro atoms. The zero-order chi connectivity index (χ0) is 15.8. The number of unbranched alkanes of at least 4 members (excludes halogenated alkanes) is 13. The maximum Gasteiger partial charge on any atom is 2.00 e. The topological polar surface area (TPSA) is 66.8 Å². The van der Waals surface area contributed by atoms with E-state index in [2.05, 4.69) is 11.4 Å². The smallest absolute Gasteiger partial charge is 1.00 e. The van der Waals surface area contributed by atoms with Crippen LogP contribution in [0.1, 0.15) is 99.7 Å². The third kappa shape index (κ3) is 23.6. The van der Waals surface area contributed by atoms with Crippen molar-refractivity contribution in [3.8, 4) is 0 Å². The van der Waals surface area contributed by atoms with E-state index >= 15 is 0 Å². The van der Waals surface area contributed by atoms with E-state index < -0.39 is 7.82 Å². The molecule has 2 N–H and O–H groups in total. The van der Waals surface area contributed by atoms with Gasteiger partial charge in [-0.1, -0.05) is 90.4 Å². The van der Waals surface area contributed by atoms with E-state index in [-0.39, 0.29) is 47.2 Å². The summed E-state index contributed by atoms with van der Waals surface area (Å²) in [6.45, 7) is 2.42. The zero-order valence-corrected chi connectivity index (χ0v) is 17.6. The van der Waals surface area contributed by atoms with Gasteiger partial charge in [-0.05, 0) is 6.42 Å². The molecule has 0 aromatic heterocycles. The molecule has 0 aromatic rings. The molecule has 0 saturated heterocycles. The van der Waals surface area contributed by atoms with Gasteiger partial charge in [-0.25, -0.2) is 4.57 Å². The van der Waals surface area contributed by atoms with Crippen molar-refractivity contribution in [1.29, 1.82) is 0 Å². The molecule has 0 aromatic carbocycles. The van der Waals surface area contributed by atoms with Crippen molar-refractivity contribution >= 4 is 45.6 Å². The summed E-state index contributed by atoms with van der Waals surface area (Å²) in [7, 11) is -4.25. The van der Waals surface area contributed by atoms with Crippen LogP contribution in [0.4, 0.5) is 0 Å². The first-order valence-corrected chi connectivity index (χ1v) is 10.3. The number of phosphoric acid groups is 1. The first-order chi connectivity index (χ1) is 10.1. The van der Waals surface area contributed by atoms with Crippen LogP contribution < -0.4 is 0 Å². The SMILES string of the molecule is CCCCCCCCCCCCCCCCOP(=O)(O)O.[Ca+2].[H-].[H-]. The van der Waals surface area contributed by atoms with Gasteiger partial charge in [0.1, 0.15) is 0 Å². The Labute approximate surface area is 170 Å². The summed E-state index contributed by atoms with van der Waals surface area (Å²) in [5.74, 6) is 0. The summed E-state index contributed by atoms with van der Waals surface area (Å²) in [4.78, 5) is 17.0. The predicted molar refractivity (Wildman–Crippen MR) is 96.3 cm³/mol. The third-order valence-electron chi connectivity index (χ3n) is 3.76. The molecule has 0 atom stereocenters. The summed E-state index contributed by atoms with van der Waals surface area (Å²) < 4.78 is 14.8. The van der Waals surface area contributed by atoms with Crippen LogP contribution >= 0.6 is 7.82 Å². The molecule has 0 radical (unpaired) electrons. The molecule has 0 heterocycles. The molecule has 22 heavy (non-hydrogen) atoms. The molecular formula is C16H37CaO4P. The van der Waals surface area contributed by atoms with Gasteiger partial charge < -0.3 is 12.6 Å². The van der Waals surface area contributed by atoms with E-state index in [0.29, 0.717) is 0 Å². The Balaban J connectivity index is -0.000000667. The molecule has 0 amide bonds. The molecule has 0 unspecified atom stereocenters. The molecule has 0 aliphatic carbocycles. The fourth-order valence-electron chi connectivity index (χ4n) is 2.48. The molecule has 132 valence electrons. The summed E-state index contributed by atoms with van der Waals surface area (Å²) in [6.07, 6.45) is 17.8. The van der Waals surface area contributed by atoms with Crippen LogP contribution in [0.3, 0.4) is 0 Å². The molecule has 0 aliphatic rings. The second-order valence-corrected chi connectivity index (χ2v) is 7.16. The Hall–Kier alpha value is 1.37. The fourth-order valence-corrected chi connectivity index (χ4v) is 2.85. The van der Waals surface area contributed by atoms with Crippen molar-refractivity contribution in [3.05, 3.63) is 0 Å². The monoisotopic (exact) mass is 364 g/mol. The van der Waals surface area contributed by atoms with Gasteiger partial charge in [-0.15, -0.1) is 0 Å². The normalized spacial score (nSPS) is 11.4. The Kier molecular flexibility index (Phi) is 21.8. The minimum absolute atomic E-state index is 0. The summed E-state index contributed by atoms with van der Waals surface area (Å²) in [5, 5.41) is 0. The average molecular weight is 365 g/mol. The van der Waals surface area contributed by atoms with E-state index in [1.54, 1.807) is 0 Å². The predicted octanol–water partition coefficient (Wildman–Crippen LogP) is 5.42. The van der Waals surface area contributed by atoms with Crippen LogP contribution in [0, 0.1) is 0 Å². The average Bonchev–Trinajstić information content (AvgIpc) is 2.42. The molecule has 0 rings (SSSR count). The van der Waals surface area contributed by atoms with Crippen molar-refractivity contribution in [2.75, 3.05) is 6.61 Å². The van der Waals surface area contributed by atoms with Gasteiger partial charge >= 0.3 is 45.6 Å². The minimum Gasteiger partial charge on any atom is -1.00 e. The van der Waals surface area contributed by atoms with Gasteiger partial charge in [0, 0.05) is 0 Å². The van der Waals surface area contributed by atoms with E-state index in [4.69, 9.17) is 9.79 Å². The third-order valence-corrected chi connectivity index (χ3v) is 4.28. The minimum atomic E-state index is -4.25. The van der Waals surface area contributed by atoms with Crippen molar-refractivity contribution in [1.82, 2.24) is 0 Å². The molecule has 0 fully saturated rings. The quantitative estimate of drug-likeness (QED) is 0.218. The van der Waals surface area contributed by atoms with Crippen molar-refractivity contribution < 1.29 is 21.7 Å². The molecule has 4 nitrogen and oxygen atoms in total. The van der Waals surface area contributed by atoms with Crippen LogP contribution in [-0.2, 0) is 9.09 Å². The Bertz CT molecular complexity index is 268. The maximum atomic E-state index is 10.4. The van der Waals surface area contributed by atoms with Gasteiger partial charge in [0.15, 0.2) is 0 Å². The van der Waals surface area contributed by atoms with Crippen LogP contribution in [0.5, 0.6) is 0 Å². The summed E-state index contributed by atoms with van der Waals surface area (Å²) in [5.41, 5.74) is 0. The van der Waals surface area contributed by atoms with E-state index in [1.165, 1.54) is 70.6 Å². The Morgan fingerprint density at radius 1 is 0.727 bits per heavy atom. The second-order valence-electron chi connectivity index (χ2n) is 5.92. The molecular weight excluding hydrogens is 327 g/mol. The second kappa shape index (κ2) is 18.7. The van der Waals surface area contributed by atoms with Crippen molar-refractivity contribution in [3.63, 3.8) is 0 Å². The maximum absolute atomic E-state index is 10.4. The van der Waals surface area contributed by atoms with E-state index in [9.17, 15) is 4.57 Å². The van der Waals surface area contributed by atoms with E-state index in [0.717, 1.165) is 19.3 Å². The van der Waals surface area contributed by atoms with E-state index in [1.807, 2.05) is 0 Å². The standard InChI is InChI=1S/C16H35O4P.Ca.2H/c1-2-3-4-5-6-7-8-9-10-11-12-13-14-15-16-20-21(17,18)19;;;/h2-16H2,1H3,(H2,17,18,19);;;/q;+2;2*-1. The van der Waals surface area contributed by atoms with Gasteiger partial charge in [0.05, 0.1) is 6.61 Å². The number of hydrogen-bond acceptors (Lipinski definition) is 2. The number of hydrogen-bond donors (Lipinski definition) is 2. The van der Waals surface area contributed by atoms with Crippen LogP contribution in [0.2, 0.25) is 0 Å². The fraction of sp³-hybridized carbons (Fsp3) is 1.00. The van der Waals surface area contributed by atoms with Gasteiger partial charge in [-0.3, -0.25) is 4.52 Å². The van der Waals surface area contributed by atoms with Crippen LogP contribution in [0.15, 0.2) is 0 Å². The molecule has 0 bridgehead atoms. The number of phosphoric ester groups is 1. The number of rotatable bonds is 16. The van der Waals surface area contributed by atoms with Crippen molar-refractivity contribution in [2.24, 2.45) is 0 Å². The molecule has 6 heteroatoms. The first kappa shape index (κ1) is 25.6. The molecule has 0 saturated carbocycles. The Morgan fingerprint density at radius 2 is 1.05 bits per heavy atom. The van der Waals surface area contributed by atoms with Crippen LogP contribution in [-0.4, -0.2) is 54.1 Å². The Morgan fingerprint density at radius 3 is 1.36 bits per heavy atom. The van der Waals surface area contributed by atoms with Crippen molar-refractivity contribution in [2.45, 2.75) is 96.8 Å². The van der Waals surface area contributed by atoms with Gasteiger partial charge in [0.2, 0.25) is 0 Å². The summed E-state index contributed by atoms with van der Waals surface area (Å²) >= 11 is 0.